The van der Waals surface area contributed by atoms with E-state index in [1.54, 1.807) is 25.3 Å². The number of benzene rings is 2. The number of carbonyl (C=O) groups is 2. The van der Waals surface area contributed by atoms with Gasteiger partial charge in [-0.3, -0.25) is 9.59 Å². The largest absolute Gasteiger partial charge is 0.399 e. The van der Waals surface area contributed by atoms with Gasteiger partial charge in [-0.15, -0.1) is 0 Å². The lowest BCUT2D eigenvalue weighted by Gasteiger charge is -2.10. The molecule has 0 aliphatic rings. The van der Waals surface area contributed by atoms with Crippen molar-refractivity contribution in [3.05, 3.63) is 58.6 Å². The van der Waals surface area contributed by atoms with Crippen LogP contribution in [-0.4, -0.2) is 32.1 Å². The van der Waals surface area contributed by atoms with Gasteiger partial charge in [-0.05, 0) is 36.2 Å². The first-order valence-corrected chi connectivity index (χ1v) is 8.59. The first kappa shape index (κ1) is 19.8. The highest BCUT2D eigenvalue weighted by atomic mass is 35.5. The third-order valence-electron chi connectivity index (χ3n) is 3.77. The van der Waals surface area contributed by atoms with Crippen molar-refractivity contribution in [1.82, 2.24) is 5.32 Å². The molecule has 2 aromatic rings. The summed E-state index contributed by atoms with van der Waals surface area (Å²) in [7, 11) is 1.56. The van der Waals surface area contributed by atoms with Crippen LogP contribution in [0.2, 0.25) is 5.02 Å². The van der Waals surface area contributed by atoms with Crippen molar-refractivity contribution in [2.75, 3.05) is 31.3 Å². The minimum atomic E-state index is -0.288. The van der Waals surface area contributed by atoms with Crippen molar-refractivity contribution in [3.63, 3.8) is 0 Å². The fourth-order valence-electron chi connectivity index (χ4n) is 2.37. The van der Waals surface area contributed by atoms with Gasteiger partial charge in [0.1, 0.15) is 0 Å². The second kappa shape index (κ2) is 9.79. The summed E-state index contributed by atoms with van der Waals surface area (Å²) in [5.74, 6) is -0.439. The number of hydrogen-bond acceptors (Lipinski definition) is 4. The third-order valence-corrected chi connectivity index (χ3v) is 4.08. The molecule has 0 fully saturated rings. The fraction of sp³-hybridized carbons (Fsp3) is 0.263. The van der Waals surface area contributed by atoms with Crippen LogP contribution in [0.25, 0.3) is 0 Å². The van der Waals surface area contributed by atoms with E-state index in [9.17, 15) is 9.59 Å². The molecule has 0 aromatic heterocycles. The zero-order chi connectivity index (χ0) is 18.9. The summed E-state index contributed by atoms with van der Waals surface area (Å²) in [5.41, 5.74) is 8.36. The Kier molecular flexibility index (Phi) is 7.44. The molecule has 2 aromatic carbocycles. The molecule has 0 spiro atoms. The standard InChI is InChI=1S/C19H22ClN3O3/c1-26-11-10-22-19(25)15-8-7-14(12-16(15)20)23-18(24)9-6-13-4-2-3-5-17(13)21/h2-5,7-8,12H,6,9-11,21H2,1H3,(H,22,25)(H,23,24). The van der Waals surface area contributed by atoms with Crippen LogP contribution in [0.3, 0.4) is 0 Å². The normalized spacial score (nSPS) is 10.4. The van der Waals surface area contributed by atoms with Gasteiger partial charge in [0.25, 0.3) is 5.91 Å². The molecule has 2 amide bonds. The highest BCUT2D eigenvalue weighted by Gasteiger charge is 2.12. The Balaban J connectivity index is 1.91. The smallest absolute Gasteiger partial charge is 0.252 e. The van der Waals surface area contributed by atoms with Gasteiger partial charge in [0.05, 0.1) is 17.2 Å². The highest BCUT2D eigenvalue weighted by molar-refractivity contribution is 6.34. The average Bonchev–Trinajstić information content (AvgIpc) is 2.61. The van der Waals surface area contributed by atoms with Crippen molar-refractivity contribution in [3.8, 4) is 0 Å². The van der Waals surface area contributed by atoms with E-state index >= 15 is 0 Å². The second-order valence-electron chi connectivity index (χ2n) is 5.69. The van der Waals surface area contributed by atoms with Crippen molar-refractivity contribution < 1.29 is 14.3 Å². The number of nitrogens with one attached hydrogen (secondary N) is 2. The molecule has 0 saturated carbocycles. The first-order chi connectivity index (χ1) is 12.5. The zero-order valence-corrected chi connectivity index (χ0v) is 15.3. The number of para-hydroxylation sites is 1. The zero-order valence-electron chi connectivity index (χ0n) is 14.5. The molecule has 0 saturated heterocycles. The van der Waals surface area contributed by atoms with Crippen LogP contribution in [-0.2, 0) is 16.0 Å². The topological polar surface area (TPSA) is 93.5 Å². The molecule has 26 heavy (non-hydrogen) atoms. The van der Waals surface area contributed by atoms with Crippen LogP contribution in [0.4, 0.5) is 11.4 Å². The summed E-state index contributed by atoms with van der Waals surface area (Å²) in [6.45, 7) is 0.816. The molecule has 138 valence electrons. The predicted octanol–water partition coefficient (Wildman–Crippen LogP) is 2.87. The predicted molar refractivity (Wildman–Crippen MR) is 103 cm³/mol. The SMILES string of the molecule is COCCNC(=O)c1ccc(NC(=O)CCc2ccccc2N)cc1Cl. The van der Waals surface area contributed by atoms with Crippen molar-refractivity contribution in [1.29, 1.82) is 0 Å². The summed E-state index contributed by atoms with van der Waals surface area (Å²) in [5, 5.41) is 5.74. The highest BCUT2D eigenvalue weighted by Crippen LogP contribution is 2.21. The summed E-state index contributed by atoms with van der Waals surface area (Å²) in [6, 6.07) is 12.2. The number of ether oxygens (including phenoxy) is 1. The number of methoxy groups -OCH3 is 1. The van der Waals surface area contributed by atoms with Gasteiger partial charge >= 0.3 is 0 Å². The van der Waals surface area contributed by atoms with Gasteiger partial charge in [0.2, 0.25) is 5.91 Å². The molecule has 0 bridgehead atoms. The van der Waals surface area contributed by atoms with Crippen LogP contribution in [0.5, 0.6) is 0 Å². The summed E-state index contributed by atoms with van der Waals surface area (Å²) in [4.78, 5) is 24.1. The molecule has 2 rings (SSSR count). The van der Waals surface area contributed by atoms with E-state index in [1.165, 1.54) is 0 Å². The molecule has 0 radical (unpaired) electrons. The quantitative estimate of drug-likeness (QED) is 0.488. The molecule has 0 unspecified atom stereocenters. The van der Waals surface area contributed by atoms with E-state index in [-0.39, 0.29) is 16.8 Å². The van der Waals surface area contributed by atoms with Crippen LogP contribution < -0.4 is 16.4 Å². The van der Waals surface area contributed by atoms with Gasteiger partial charge in [0.15, 0.2) is 0 Å². The molecule has 0 atom stereocenters. The van der Waals surface area contributed by atoms with Gasteiger partial charge in [-0.25, -0.2) is 0 Å². The Morgan fingerprint density at radius 1 is 1.19 bits per heavy atom. The maximum Gasteiger partial charge on any atom is 0.252 e. The van der Waals surface area contributed by atoms with E-state index in [0.29, 0.717) is 42.9 Å². The maximum atomic E-state index is 12.1. The summed E-state index contributed by atoms with van der Waals surface area (Å²) < 4.78 is 4.88. The number of carbonyl (C=O) groups excluding carboxylic acids is 2. The first-order valence-electron chi connectivity index (χ1n) is 8.21. The Labute approximate surface area is 157 Å². The molecular formula is C19H22ClN3O3. The number of halogens is 1. The Morgan fingerprint density at radius 3 is 2.65 bits per heavy atom. The Morgan fingerprint density at radius 2 is 1.96 bits per heavy atom. The molecule has 6 nitrogen and oxygen atoms in total. The van der Waals surface area contributed by atoms with Crippen LogP contribution in [0, 0.1) is 0 Å². The number of nitrogens with two attached hydrogens (primary N) is 1. The van der Waals surface area contributed by atoms with Gasteiger partial charge < -0.3 is 21.1 Å². The molecule has 0 heterocycles. The monoisotopic (exact) mass is 375 g/mol. The number of hydrogen-bond donors (Lipinski definition) is 3. The van der Waals surface area contributed by atoms with Crippen LogP contribution in [0.1, 0.15) is 22.3 Å². The molecule has 4 N–H and O–H groups in total. The van der Waals surface area contributed by atoms with E-state index < -0.39 is 0 Å². The lowest BCUT2D eigenvalue weighted by molar-refractivity contribution is -0.116. The lowest BCUT2D eigenvalue weighted by Crippen LogP contribution is -2.27. The minimum absolute atomic E-state index is 0.151. The van der Waals surface area contributed by atoms with E-state index in [2.05, 4.69) is 10.6 Å². The number of anilines is 2. The third kappa shape index (κ3) is 5.75. The summed E-state index contributed by atoms with van der Waals surface area (Å²) >= 11 is 6.15. The van der Waals surface area contributed by atoms with E-state index in [1.807, 2.05) is 24.3 Å². The number of amides is 2. The van der Waals surface area contributed by atoms with Crippen LogP contribution in [0.15, 0.2) is 42.5 Å². The molecule has 7 heteroatoms. The van der Waals surface area contributed by atoms with Crippen LogP contribution >= 0.6 is 11.6 Å². The van der Waals surface area contributed by atoms with E-state index in [0.717, 1.165) is 5.56 Å². The lowest BCUT2D eigenvalue weighted by atomic mass is 10.1. The maximum absolute atomic E-state index is 12.1. The summed E-state index contributed by atoms with van der Waals surface area (Å²) in [6.07, 6.45) is 0.845. The molecule has 0 aliphatic carbocycles. The van der Waals surface area contributed by atoms with Gasteiger partial charge in [-0.2, -0.15) is 0 Å². The van der Waals surface area contributed by atoms with Crippen molar-refractivity contribution in [2.45, 2.75) is 12.8 Å². The Bertz CT molecular complexity index is 780. The van der Waals surface area contributed by atoms with Crippen molar-refractivity contribution in [2.24, 2.45) is 0 Å². The number of aryl methyl sites for hydroxylation is 1. The Hall–Kier alpha value is -2.57. The second-order valence-corrected chi connectivity index (χ2v) is 6.10. The van der Waals surface area contributed by atoms with Crippen molar-refractivity contribution >= 4 is 34.8 Å². The average molecular weight is 376 g/mol. The number of rotatable bonds is 8. The van der Waals surface area contributed by atoms with E-state index in [4.69, 9.17) is 22.1 Å². The van der Waals surface area contributed by atoms with Gasteiger partial charge in [-0.1, -0.05) is 29.8 Å². The van der Waals surface area contributed by atoms with Gasteiger partial charge in [0, 0.05) is 31.5 Å². The molecule has 0 aliphatic heterocycles. The molecular weight excluding hydrogens is 354 g/mol. The fourth-order valence-corrected chi connectivity index (χ4v) is 2.64. The minimum Gasteiger partial charge on any atom is -0.399 e. The number of nitrogen functional groups attached to an aromatic ring is 1.